The molecule has 3 heterocycles. The van der Waals surface area contributed by atoms with Crippen molar-refractivity contribution in [2.24, 2.45) is 5.92 Å². The van der Waals surface area contributed by atoms with Gasteiger partial charge in [0.2, 0.25) is 0 Å². The summed E-state index contributed by atoms with van der Waals surface area (Å²) in [5.41, 5.74) is 0.658. The van der Waals surface area contributed by atoms with Crippen molar-refractivity contribution in [3.8, 4) is 0 Å². The Labute approximate surface area is 151 Å². The molecule has 0 unspecified atom stereocenters. The van der Waals surface area contributed by atoms with E-state index in [1.807, 2.05) is 12.1 Å². The molecule has 138 valence electrons. The first-order chi connectivity index (χ1) is 12.1. The predicted molar refractivity (Wildman–Crippen MR) is 102 cm³/mol. The van der Waals surface area contributed by atoms with Gasteiger partial charge in [-0.05, 0) is 63.7 Å². The van der Waals surface area contributed by atoms with E-state index < -0.39 is 0 Å². The summed E-state index contributed by atoms with van der Waals surface area (Å²) in [4.78, 5) is 21.6. The number of anilines is 1. The second-order valence-corrected chi connectivity index (χ2v) is 7.75. The number of carbonyl (C=O) groups excluding carboxylic acids is 1. The molecule has 1 aromatic rings. The zero-order valence-corrected chi connectivity index (χ0v) is 15.7. The lowest BCUT2D eigenvalue weighted by atomic mass is 9.99. The van der Waals surface area contributed by atoms with E-state index in [-0.39, 0.29) is 5.91 Å². The van der Waals surface area contributed by atoms with Gasteiger partial charge < -0.3 is 15.1 Å². The minimum atomic E-state index is -0.00946. The number of rotatable bonds is 5. The average molecular weight is 345 g/mol. The molecule has 2 aliphatic rings. The van der Waals surface area contributed by atoms with Crippen LogP contribution in [-0.4, -0.2) is 55.1 Å². The van der Waals surface area contributed by atoms with Crippen LogP contribution < -0.4 is 10.2 Å². The Balaban J connectivity index is 1.46. The maximum atomic E-state index is 12.3. The fourth-order valence-corrected chi connectivity index (χ4v) is 3.91. The Bertz CT molecular complexity index is 551. The molecule has 3 rings (SSSR count). The molecule has 0 bridgehead atoms. The predicted octanol–water partition coefficient (Wildman–Crippen LogP) is 2.92. The molecule has 2 saturated heterocycles. The SMILES string of the molecule is CC1CCN(c2ccc(C(=O)NCC[C@H]3CCCCN3C)cn2)CC1. The highest BCUT2D eigenvalue weighted by molar-refractivity contribution is 5.94. The van der Waals surface area contributed by atoms with Gasteiger partial charge in [-0.2, -0.15) is 0 Å². The first kappa shape index (κ1) is 18.2. The summed E-state index contributed by atoms with van der Waals surface area (Å²) in [6, 6.07) is 4.50. The fraction of sp³-hybridized carbons (Fsp3) is 0.700. The van der Waals surface area contributed by atoms with Crippen LogP contribution in [-0.2, 0) is 0 Å². The molecule has 1 amide bonds. The lowest BCUT2D eigenvalue weighted by Gasteiger charge is -2.32. The summed E-state index contributed by atoms with van der Waals surface area (Å²) < 4.78 is 0. The van der Waals surface area contributed by atoms with Gasteiger partial charge in [0, 0.05) is 31.9 Å². The van der Waals surface area contributed by atoms with Gasteiger partial charge in [-0.3, -0.25) is 4.79 Å². The number of nitrogens with one attached hydrogen (secondary N) is 1. The Morgan fingerprint density at radius 2 is 2.00 bits per heavy atom. The maximum Gasteiger partial charge on any atom is 0.252 e. The maximum absolute atomic E-state index is 12.3. The van der Waals surface area contributed by atoms with Crippen molar-refractivity contribution in [3.63, 3.8) is 0 Å². The number of likely N-dealkylation sites (tertiary alicyclic amines) is 1. The van der Waals surface area contributed by atoms with E-state index >= 15 is 0 Å². The molecule has 1 N–H and O–H groups in total. The Kier molecular flexibility index (Phi) is 6.29. The van der Waals surface area contributed by atoms with Crippen LogP contribution in [0.15, 0.2) is 18.3 Å². The fourth-order valence-electron chi connectivity index (χ4n) is 3.91. The number of piperidine rings is 2. The minimum absolute atomic E-state index is 0.00946. The van der Waals surface area contributed by atoms with Crippen LogP contribution in [0.3, 0.4) is 0 Å². The largest absolute Gasteiger partial charge is 0.357 e. The van der Waals surface area contributed by atoms with Crippen LogP contribution >= 0.6 is 0 Å². The van der Waals surface area contributed by atoms with Crippen molar-refractivity contribution >= 4 is 11.7 Å². The molecule has 5 nitrogen and oxygen atoms in total. The van der Waals surface area contributed by atoms with Crippen molar-refractivity contribution < 1.29 is 4.79 Å². The molecular weight excluding hydrogens is 312 g/mol. The summed E-state index contributed by atoms with van der Waals surface area (Å²) >= 11 is 0. The van der Waals surface area contributed by atoms with Gasteiger partial charge in [0.05, 0.1) is 5.56 Å². The van der Waals surface area contributed by atoms with Crippen molar-refractivity contribution in [1.82, 2.24) is 15.2 Å². The third-order valence-electron chi connectivity index (χ3n) is 5.80. The van der Waals surface area contributed by atoms with Gasteiger partial charge in [0.25, 0.3) is 5.91 Å². The molecule has 0 aromatic carbocycles. The summed E-state index contributed by atoms with van der Waals surface area (Å²) in [6.07, 6.45) is 9.04. The highest BCUT2D eigenvalue weighted by Crippen LogP contribution is 2.21. The van der Waals surface area contributed by atoms with Gasteiger partial charge in [-0.15, -0.1) is 0 Å². The van der Waals surface area contributed by atoms with E-state index in [4.69, 9.17) is 0 Å². The van der Waals surface area contributed by atoms with Crippen LogP contribution in [0.25, 0.3) is 0 Å². The van der Waals surface area contributed by atoms with Crippen molar-refractivity contribution in [2.45, 2.75) is 51.5 Å². The monoisotopic (exact) mass is 344 g/mol. The lowest BCUT2D eigenvalue weighted by Crippen LogP contribution is -2.39. The second kappa shape index (κ2) is 8.65. The van der Waals surface area contributed by atoms with E-state index in [2.05, 4.69) is 34.1 Å². The Hall–Kier alpha value is -1.62. The average Bonchev–Trinajstić information content (AvgIpc) is 2.64. The summed E-state index contributed by atoms with van der Waals surface area (Å²) in [5, 5.41) is 3.05. The number of carbonyl (C=O) groups is 1. The number of pyridine rings is 1. The van der Waals surface area contributed by atoms with Gasteiger partial charge in [-0.25, -0.2) is 4.98 Å². The molecule has 0 spiro atoms. The number of hydrogen-bond donors (Lipinski definition) is 1. The first-order valence-electron chi connectivity index (χ1n) is 9.83. The number of amides is 1. The van der Waals surface area contributed by atoms with Gasteiger partial charge in [0.15, 0.2) is 0 Å². The smallest absolute Gasteiger partial charge is 0.252 e. The summed E-state index contributed by atoms with van der Waals surface area (Å²) in [5.74, 6) is 1.79. The van der Waals surface area contributed by atoms with E-state index in [9.17, 15) is 4.79 Å². The number of hydrogen-bond acceptors (Lipinski definition) is 4. The minimum Gasteiger partial charge on any atom is -0.357 e. The van der Waals surface area contributed by atoms with Crippen molar-refractivity contribution in [2.75, 3.05) is 38.1 Å². The van der Waals surface area contributed by atoms with E-state index in [1.54, 1.807) is 6.20 Å². The summed E-state index contributed by atoms with van der Waals surface area (Å²) in [7, 11) is 2.19. The van der Waals surface area contributed by atoms with E-state index in [0.29, 0.717) is 11.6 Å². The highest BCUT2D eigenvalue weighted by atomic mass is 16.1. The Morgan fingerprint density at radius 1 is 1.20 bits per heavy atom. The topological polar surface area (TPSA) is 48.5 Å². The first-order valence-corrected chi connectivity index (χ1v) is 9.83. The quantitative estimate of drug-likeness (QED) is 0.892. The van der Waals surface area contributed by atoms with E-state index in [1.165, 1.54) is 38.6 Å². The van der Waals surface area contributed by atoms with Crippen molar-refractivity contribution in [1.29, 1.82) is 0 Å². The highest BCUT2D eigenvalue weighted by Gasteiger charge is 2.19. The number of nitrogens with zero attached hydrogens (tertiary/aromatic N) is 3. The van der Waals surface area contributed by atoms with Gasteiger partial charge >= 0.3 is 0 Å². The molecule has 2 aliphatic heterocycles. The number of aromatic nitrogens is 1. The van der Waals surface area contributed by atoms with Gasteiger partial charge in [0.1, 0.15) is 5.82 Å². The normalized spacial score (nSPS) is 22.8. The third kappa shape index (κ3) is 4.94. The molecule has 1 atom stereocenters. The van der Waals surface area contributed by atoms with Crippen LogP contribution in [0.4, 0.5) is 5.82 Å². The molecule has 0 saturated carbocycles. The molecule has 0 aliphatic carbocycles. The zero-order valence-electron chi connectivity index (χ0n) is 15.7. The molecule has 5 heteroatoms. The van der Waals surface area contributed by atoms with Crippen LogP contribution in [0.5, 0.6) is 0 Å². The molecule has 1 aromatic heterocycles. The van der Waals surface area contributed by atoms with Gasteiger partial charge in [-0.1, -0.05) is 13.3 Å². The van der Waals surface area contributed by atoms with Crippen LogP contribution in [0.1, 0.15) is 55.8 Å². The standard InChI is InChI=1S/C20H32N4O/c1-16-9-13-24(14-10-16)19-7-6-17(15-22-19)20(25)21-11-8-18-5-3-4-12-23(18)2/h6-7,15-16,18H,3-5,8-14H2,1-2H3,(H,21,25)/t18-/m1/s1. The Morgan fingerprint density at radius 3 is 2.68 bits per heavy atom. The summed E-state index contributed by atoms with van der Waals surface area (Å²) in [6.45, 7) is 6.35. The molecular formula is C20H32N4O. The van der Waals surface area contributed by atoms with E-state index in [0.717, 1.165) is 37.8 Å². The van der Waals surface area contributed by atoms with Crippen LogP contribution in [0, 0.1) is 5.92 Å². The molecule has 2 fully saturated rings. The lowest BCUT2D eigenvalue weighted by molar-refractivity contribution is 0.0945. The van der Waals surface area contributed by atoms with Crippen molar-refractivity contribution in [3.05, 3.63) is 23.9 Å². The van der Waals surface area contributed by atoms with Crippen LogP contribution in [0.2, 0.25) is 0 Å². The molecule has 0 radical (unpaired) electrons. The second-order valence-electron chi connectivity index (χ2n) is 7.75. The third-order valence-corrected chi connectivity index (χ3v) is 5.80. The molecule has 25 heavy (non-hydrogen) atoms. The zero-order chi connectivity index (χ0) is 17.6.